The van der Waals surface area contributed by atoms with Crippen LogP contribution in [-0.4, -0.2) is 10.9 Å². The summed E-state index contributed by atoms with van der Waals surface area (Å²) in [6, 6.07) is 18.5. The number of amides is 1. The van der Waals surface area contributed by atoms with Crippen LogP contribution >= 0.6 is 23.2 Å². The maximum atomic E-state index is 12.2. The predicted octanol–water partition coefficient (Wildman–Crippen LogP) is 4.93. The van der Waals surface area contributed by atoms with Crippen LogP contribution in [0.25, 0.3) is 0 Å². The molecule has 0 atom stereocenters. The van der Waals surface area contributed by atoms with Crippen molar-refractivity contribution in [1.82, 2.24) is 10.3 Å². The van der Waals surface area contributed by atoms with Gasteiger partial charge in [-0.15, -0.1) is 0 Å². The van der Waals surface area contributed by atoms with Crippen molar-refractivity contribution in [2.24, 2.45) is 0 Å². The van der Waals surface area contributed by atoms with E-state index in [0.29, 0.717) is 34.5 Å². The molecule has 3 aromatic rings. The molecule has 2 aromatic carbocycles. The average Bonchev–Trinajstić information content (AvgIpc) is 2.67. The molecule has 1 aromatic heterocycles. The summed E-state index contributed by atoms with van der Waals surface area (Å²) in [5.41, 5.74) is 2.46. The van der Waals surface area contributed by atoms with Crippen molar-refractivity contribution in [3.8, 4) is 0 Å². The summed E-state index contributed by atoms with van der Waals surface area (Å²) in [4.78, 5) is 16.5. The highest BCUT2D eigenvalue weighted by atomic mass is 35.5. The van der Waals surface area contributed by atoms with E-state index in [-0.39, 0.29) is 5.91 Å². The summed E-state index contributed by atoms with van der Waals surface area (Å²) in [6.45, 7) is 0.997. The lowest BCUT2D eigenvalue weighted by molar-refractivity contribution is 0.0950. The van der Waals surface area contributed by atoms with Crippen molar-refractivity contribution in [1.29, 1.82) is 0 Å². The SMILES string of the molecule is O=C(NCc1ccccc1Cl)c1ccc(NCc2ccc(Cl)cc2)nc1. The van der Waals surface area contributed by atoms with Crippen molar-refractivity contribution in [2.75, 3.05) is 5.32 Å². The molecule has 0 saturated carbocycles. The Kier molecular flexibility index (Phi) is 6.10. The Morgan fingerprint density at radius 1 is 0.923 bits per heavy atom. The second-order valence-electron chi connectivity index (χ2n) is 5.69. The van der Waals surface area contributed by atoms with Crippen LogP contribution in [0.3, 0.4) is 0 Å². The highest BCUT2D eigenvalue weighted by molar-refractivity contribution is 6.31. The van der Waals surface area contributed by atoms with Gasteiger partial charge in [-0.25, -0.2) is 4.98 Å². The number of nitrogens with zero attached hydrogens (tertiary/aromatic N) is 1. The average molecular weight is 386 g/mol. The number of nitrogens with one attached hydrogen (secondary N) is 2. The van der Waals surface area contributed by atoms with Gasteiger partial charge in [0.15, 0.2) is 0 Å². The molecule has 1 heterocycles. The zero-order chi connectivity index (χ0) is 18.4. The lowest BCUT2D eigenvalue weighted by atomic mass is 10.2. The van der Waals surface area contributed by atoms with Gasteiger partial charge in [0.1, 0.15) is 5.82 Å². The molecule has 6 heteroatoms. The third-order valence-corrected chi connectivity index (χ3v) is 4.43. The van der Waals surface area contributed by atoms with Crippen molar-refractivity contribution < 1.29 is 4.79 Å². The van der Waals surface area contributed by atoms with Crippen LogP contribution in [0.1, 0.15) is 21.5 Å². The molecule has 0 spiro atoms. The van der Waals surface area contributed by atoms with Gasteiger partial charge < -0.3 is 10.6 Å². The largest absolute Gasteiger partial charge is 0.366 e. The molecule has 0 aliphatic carbocycles. The maximum absolute atomic E-state index is 12.2. The molecule has 0 aliphatic heterocycles. The van der Waals surface area contributed by atoms with Crippen LogP contribution in [0.2, 0.25) is 10.0 Å². The Balaban J connectivity index is 1.54. The van der Waals surface area contributed by atoms with E-state index in [9.17, 15) is 4.79 Å². The molecule has 0 bridgehead atoms. The van der Waals surface area contributed by atoms with Crippen molar-refractivity contribution in [3.63, 3.8) is 0 Å². The van der Waals surface area contributed by atoms with Crippen molar-refractivity contribution >= 4 is 34.9 Å². The molecule has 2 N–H and O–H groups in total. The zero-order valence-corrected chi connectivity index (χ0v) is 15.4. The smallest absolute Gasteiger partial charge is 0.253 e. The van der Waals surface area contributed by atoms with Crippen LogP contribution in [0.15, 0.2) is 66.9 Å². The number of hydrogen-bond donors (Lipinski definition) is 2. The number of carbonyl (C=O) groups is 1. The first-order chi connectivity index (χ1) is 12.6. The third kappa shape index (κ3) is 4.97. The summed E-state index contributed by atoms with van der Waals surface area (Å²) < 4.78 is 0. The van der Waals surface area contributed by atoms with Gasteiger partial charge in [-0.2, -0.15) is 0 Å². The van der Waals surface area contributed by atoms with E-state index in [2.05, 4.69) is 15.6 Å². The fourth-order valence-corrected chi connectivity index (χ4v) is 2.68. The van der Waals surface area contributed by atoms with Crippen LogP contribution < -0.4 is 10.6 Å². The van der Waals surface area contributed by atoms with Crippen LogP contribution in [0.4, 0.5) is 5.82 Å². The lowest BCUT2D eigenvalue weighted by Crippen LogP contribution is -2.23. The fraction of sp³-hybridized carbons (Fsp3) is 0.100. The van der Waals surface area contributed by atoms with E-state index in [0.717, 1.165) is 11.1 Å². The quantitative estimate of drug-likeness (QED) is 0.632. The Labute approximate surface area is 162 Å². The van der Waals surface area contributed by atoms with E-state index in [1.54, 1.807) is 24.4 Å². The van der Waals surface area contributed by atoms with Gasteiger partial charge in [-0.1, -0.05) is 53.5 Å². The molecule has 4 nitrogen and oxygen atoms in total. The second-order valence-corrected chi connectivity index (χ2v) is 6.53. The standard InChI is InChI=1S/C20H17Cl2N3O/c21-17-8-5-14(6-9-17)11-23-19-10-7-16(13-24-19)20(26)25-12-15-3-1-2-4-18(15)22/h1-10,13H,11-12H2,(H,23,24)(H,25,26). The highest BCUT2D eigenvalue weighted by Crippen LogP contribution is 2.15. The minimum absolute atomic E-state index is 0.193. The summed E-state index contributed by atoms with van der Waals surface area (Å²) in [6.07, 6.45) is 1.55. The fourth-order valence-electron chi connectivity index (χ4n) is 2.35. The summed E-state index contributed by atoms with van der Waals surface area (Å²) in [7, 11) is 0. The second kappa shape index (κ2) is 8.70. The molecule has 0 radical (unpaired) electrons. The van der Waals surface area contributed by atoms with Gasteiger partial charge in [-0.3, -0.25) is 4.79 Å². The molecular weight excluding hydrogens is 369 g/mol. The molecule has 0 unspecified atom stereocenters. The van der Waals surface area contributed by atoms with Crippen LogP contribution in [0, 0.1) is 0 Å². The number of aromatic nitrogens is 1. The predicted molar refractivity (Wildman–Crippen MR) is 106 cm³/mol. The molecule has 0 aliphatic rings. The number of benzene rings is 2. The van der Waals surface area contributed by atoms with E-state index >= 15 is 0 Å². The number of rotatable bonds is 6. The number of pyridine rings is 1. The molecule has 3 rings (SSSR count). The Bertz CT molecular complexity index is 880. The normalized spacial score (nSPS) is 10.4. The molecule has 132 valence electrons. The molecule has 0 saturated heterocycles. The Morgan fingerprint density at radius 2 is 1.69 bits per heavy atom. The van der Waals surface area contributed by atoms with E-state index in [4.69, 9.17) is 23.2 Å². The number of halogens is 2. The maximum Gasteiger partial charge on any atom is 0.253 e. The van der Waals surface area contributed by atoms with Crippen LogP contribution in [0.5, 0.6) is 0 Å². The van der Waals surface area contributed by atoms with E-state index in [1.165, 1.54) is 0 Å². The minimum atomic E-state index is -0.193. The highest BCUT2D eigenvalue weighted by Gasteiger charge is 2.07. The molecule has 1 amide bonds. The number of anilines is 1. The van der Waals surface area contributed by atoms with Gasteiger partial charge in [-0.05, 0) is 41.5 Å². The van der Waals surface area contributed by atoms with Gasteiger partial charge in [0, 0.05) is 29.3 Å². The van der Waals surface area contributed by atoms with Crippen molar-refractivity contribution in [2.45, 2.75) is 13.1 Å². The third-order valence-electron chi connectivity index (χ3n) is 3.81. The monoisotopic (exact) mass is 385 g/mol. The van der Waals surface area contributed by atoms with E-state index < -0.39 is 0 Å². The topological polar surface area (TPSA) is 54.0 Å². The summed E-state index contributed by atoms with van der Waals surface area (Å²) >= 11 is 12.0. The van der Waals surface area contributed by atoms with Gasteiger partial charge in [0.05, 0.1) is 5.56 Å². The lowest BCUT2D eigenvalue weighted by Gasteiger charge is -2.08. The summed E-state index contributed by atoms with van der Waals surface area (Å²) in [5.74, 6) is 0.504. The van der Waals surface area contributed by atoms with Crippen molar-refractivity contribution in [3.05, 3.63) is 93.6 Å². The Hall–Kier alpha value is -2.56. The van der Waals surface area contributed by atoms with Gasteiger partial charge in [0.2, 0.25) is 0 Å². The minimum Gasteiger partial charge on any atom is -0.366 e. The summed E-state index contributed by atoms with van der Waals surface area (Å²) in [5, 5.41) is 7.39. The van der Waals surface area contributed by atoms with Crippen LogP contribution in [-0.2, 0) is 13.1 Å². The Morgan fingerprint density at radius 3 is 2.38 bits per heavy atom. The molecule has 26 heavy (non-hydrogen) atoms. The first kappa shape index (κ1) is 18.2. The number of hydrogen-bond acceptors (Lipinski definition) is 3. The zero-order valence-electron chi connectivity index (χ0n) is 13.9. The van der Waals surface area contributed by atoms with E-state index in [1.807, 2.05) is 42.5 Å². The van der Waals surface area contributed by atoms with Gasteiger partial charge in [0.25, 0.3) is 5.91 Å². The molecular formula is C20H17Cl2N3O. The first-order valence-corrected chi connectivity index (χ1v) is 8.83. The molecule has 0 fully saturated rings. The number of carbonyl (C=O) groups excluding carboxylic acids is 1. The van der Waals surface area contributed by atoms with Gasteiger partial charge >= 0.3 is 0 Å². The first-order valence-electron chi connectivity index (χ1n) is 8.08.